The molecule has 4 aliphatic rings. The SMILES string of the molecule is CCOC(=O)CN(C)CCO[C@H]1CCC2(C)C(=CC[C@@H]3[C@@H]2CC[C@]2(C)[C@@H]([C@H](C)CCCC(C)C)CC[C@@]32C)C1. The van der Waals surface area contributed by atoms with E-state index in [1.165, 1.54) is 64.2 Å². The monoisotopic (exact) mass is 543 g/mol. The van der Waals surface area contributed by atoms with Crippen molar-refractivity contribution in [2.24, 2.45) is 45.8 Å². The predicted molar refractivity (Wildman–Crippen MR) is 162 cm³/mol. The molecule has 0 aromatic rings. The van der Waals surface area contributed by atoms with E-state index in [4.69, 9.17) is 9.47 Å². The Bertz CT molecular complexity index is 868. The summed E-state index contributed by atoms with van der Waals surface area (Å²) in [5.41, 5.74) is 3.04. The van der Waals surface area contributed by atoms with Crippen molar-refractivity contribution < 1.29 is 14.3 Å². The lowest BCUT2D eigenvalue weighted by molar-refractivity contribution is -0.144. The van der Waals surface area contributed by atoms with Gasteiger partial charge in [0.25, 0.3) is 0 Å². The van der Waals surface area contributed by atoms with Crippen molar-refractivity contribution in [1.82, 2.24) is 4.90 Å². The van der Waals surface area contributed by atoms with Crippen LogP contribution < -0.4 is 0 Å². The topological polar surface area (TPSA) is 38.8 Å². The summed E-state index contributed by atoms with van der Waals surface area (Å²) >= 11 is 0. The van der Waals surface area contributed by atoms with E-state index in [0.717, 1.165) is 42.6 Å². The first-order valence-corrected chi connectivity index (χ1v) is 16.6. The number of allylic oxidation sites excluding steroid dienone is 1. The van der Waals surface area contributed by atoms with Gasteiger partial charge in [0.1, 0.15) is 0 Å². The van der Waals surface area contributed by atoms with Crippen molar-refractivity contribution in [3.8, 4) is 0 Å². The highest BCUT2D eigenvalue weighted by Crippen LogP contribution is 2.72. The van der Waals surface area contributed by atoms with E-state index in [1.54, 1.807) is 5.57 Å². The van der Waals surface area contributed by atoms with Crippen LogP contribution in [0.3, 0.4) is 0 Å². The Morgan fingerprint density at radius 1 is 1.03 bits per heavy atom. The van der Waals surface area contributed by atoms with Gasteiger partial charge in [0, 0.05) is 6.54 Å². The molecule has 1 unspecified atom stereocenters. The molecule has 0 saturated heterocycles. The Morgan fingerprint density at radius 3 is 2.49 bits per heavy atom. The van der Waals surface area contributed by atoms with E-state index in [2.05, 4.69) is 47.6 Å². The second-order valence-electron chi connectivity index (χ2n) is 15.2. The third-order valence-electron chi connectivity index (χ3n) is 12.6. The van der Waals surface area contributed by atoms with Gasteiger partial charge in [-0.05, 0) is 111 Å². The number of fused-ring (bicyclic) bond motifs is 5. The maximum atomic E-state index is 11.7. The molecule has 0 bridgehead atoms. The lowest BCUT2D eigenvalue weighted by Crippen LogP contribution is -2.55. The smallest absolute Gasteiger partial charge is 0.320 e. The summed E-state index contributed by atoms with van der Waals surface area (Å²) < 4.78 is 11.5. The van der Waals surface area contributed by atoms with Gasteiger partial charge in [-0.2, -0.15) is 0 Å². The van der Waals surface area contributed by atoms with E-state index in [0.29, 0.717) is 42.1 Å². The standard InChI is InChI=1S/C35H61NO3/c1-9-38-32(37)24-36(8)21-22-39-28-15-18-33(5)27(23-28)13-14-31-30(33)17-20-34(6)29(16-19-35(31,34)7)26(4)12-10-11-25(2)3/h13,25-26,28-31H,9-12,14-24H2,1-8H3/t26-,28+,29-,30+,31-,33?,34-,35+/m1/s1. The van der Waals surface area contributed by atoms with Gasteiger partial charge in [0.05, 0.1) is 25.9 Å². The van der Waals surface area contributed by atoms with Crippen molar-refractivity contribution in [2.45, 2.75) is 125 Å². The molecule has 0 spiro atoms. The second kappa shape index (κ2) is 12.6. The molecule has 4 nitrogen and oxygen atoms in total. The van der Waals surface area contributed by atoms with Crippen LogP contribution in [-0.2, 0) is 14.3 Å². The lowest BCUT2D eigenvalue weighted by atomic mass is 9.42. The van der Waals surface area contributed by atoms with Crippen LogP contribution in [0.5, 0.6) is 0 Å². The van der Waals surface area contributed by atoms with Crippen molar-refractivity contribution in [2.75, 3.05) is 33.4 Å². The third kappa shape index (κ3) is 6.18. The quantitative estimate of drug-likeness (QED) is 0.183. The average molecular weight is 544 g/mol. The second-order valence-corrected chi connectivity index (χ2v) is 15.2. The van der Waals surface area contributed by atoms with E-state index in [-0.39, 0.29) is 5.97 Å². The Morgan fingerprint density at radius 2 is 1.77 bits per heavy atom. The molecule has 39 heavy (non-hydrogen) atoms. The Balaban J connectivity index is 1.36. The van der Waals surface area contributed by atoms with Crippen LogP contribution in [0.25, 0.3) is 0 Å². The number of esters is 1. The van der Waals surface area contributed by atoms with Crippen LogP contribution in [-0.4, -0.2) is 50.3 Å². The molecule has 0 radical (unpaired) electrons. The van der Waals surface area contributed by atoms with Crippen LogP contribution in [0, 0.1) is 45.8 Å². The summed E-state index contributed by atoms with van der Waals surface area (Å²) in [7, 11) is 1.97. The van der Waals surface area contributed by atoms with Crippen LogP contribution in [0.15, 0.2) is 11.6 Å². The van der Waals surface area contributed by atoms with Crippen LogP contribution in [0.1, 0.15) is 119 Å². The molecule has 0 aromatic carbocycles. The number of rotatable bonds is 12. The predicted octanol–water partition coefficient (Wildman–Crippen LogP) is 8.30. The highest BCUT2D eigenvalue weighted by Gasteiger charge is 2.64. The van der Waals surface area contributed by atoms with Crippen LogP contribution >= 0.6 is 0 Å². The van der Waals surface area contributed by atoms with E-state index in [9.17, 15) is 4.79 Å². The molecule has 0 aromatic heterocycles. The Hall–Kier alpha value is -0.870. The van der Waals surface area contributed by atoms with Gasteiger partial charge >= 0.3 is 5.97 Å². The normalized spacial score (nSPS) is 38.7. The van der Waals surface area contributed by atoms with Crippen LogP contribution in [0.4, 0.5) is 0 Å². The minimum Gasteiger partial charge on any atom is -0.465 e. The Labute approximate surface area is 241 Å². The molecular formula is C35H61NO3. The summed E-state index contributed by atoms with van der Waals surface area (Å²) in [6.07, 6.45) is 17.8. The lowest BCUT2D eigenvalue weighted by Gasteiger charge is -2.63. The van der Waals surface area contributed by atoms with E-state index < -0.39 is 0 Å². The minimum atomic E-state index is -0.151. The summed E-state index contributed by atoms with van der Waals surface area (Å²) in [5, 5.41) is 0. The molecule has 4 aliphatic carbocycles. The largest absolute Gasteiger partial charge is 0.465 e. The number of nitrogens with zero attached hydrogens (tertiary/aromatic N) is 1. The number of hydrogen-bond acceptors (Lipinski definition) is 4. The molecule has 4 heteroatoms. The zero-order valence-corrected chi connectivity index (χ0v) is 26.8. The first-order chi connectivity index (χ1) is 18.4. The molecule has 0 N–H and O–H groups in total. The molecule has 3 fully saturated rings. The highest BCUT2D eigenvalue weighted by molar-refractivity contribution is 5.71. The molecule has 8 atom stereocenters. The number of hydrogen-bond donors (Lipinski definition) is 0. The fraction of sp³-hybridized carbons (Fsp3) is 0.914. The van der Waals surface area contributed by atoms with Crippen molar-refractivity contribution in [3.63, 3.8) is 0 Å². The molecule has 0 amide bonds. The Kier molecular flexibility index (Phi) is 10.0. The highest BCUT2D eigenvalue weighted by atomic mass is 16.5. The number of carbonyl (C=O) groups excluding carboxylic acids is 1. The summed E-state index contributed by atoms with van der Waals surface area (Å²) in [6, 6.07) is 0. The number of carbonyl (C=O) groups is 1. The van der Waals surface area contributed by atoms with Gasteiger partial charge in [-0.25, -0.2) is 0 Å². The molecular weight excluding hydrogens is 482 g/mol. The maximum Gasteiger partial charge on any atom is 0.320 e. The maximum absolute atomic E-state index is 11.7. The van der Waals surface area contributed by atoms with Gasteiger partial charge in [0.2, 0.25) is 0 Å². The van der Waals surface area contributed by atoms with Crippen molar-refractivity contribution in [3.05, 3.63) is 11.6 Å². The van der Waals surface area contributed by atoms with Gasteiger partial charge in [-0.3, -0.25) is 9.69 Å². The number of ether oxygens (including phenoxy) is 2. The average Bonchev–Trinajstić information content (AvgIpc) is 3.15. The summed E-state index contributed by atoms with van der Waals surface area (Å²) in [5.74, 6) is 4.12. The molecule has 0 aliphatic heterocycles. The summed E-state index contributed by atoms with van der Waals surface area (Å²) in [4.78, 5) is 13.8. The minimum absolute atomic E-state index is 0.151. The van der Waals surface area contributed by atoms with Gasteiger partial charge in [-0.1, -0.05) is 72.5 Å². The van der Waals surface area contributed by atoms with Gasteiger partial charge < -0.3 is 9.47 Å². The van der Waals surface area contributed by atoms with E-state index >= 15 is 0 Å². The zero-order chi connectivity index (χ0) is 28.4. The zero-order valence-electron chi connectivity index (χ0n) is 26.8. The molecule has 224 valence electrons. The van der Waals surface area contributed by atoms with Gasteiger partial charge in [0.15, 0.2) is 0 Å². The van der Waals surface area contributed by atoms with Crippen LogP contribution in [0.2, 0.25) is 0 Å². The van der Waals surface area contributed by atoms with E-state index in [1.807, 2.05) is 18.9 Å². The third-order valence-corrected chi connectivity index (χ3v) is 12.6. The molecule has 3 saturated carbocycles. The molecule has 0 heterocycles. The molecule has 4 rings (SSSR count). The van der Waals surface area contributed by atoms with Gasteiger partial charge in [-0.15, -0.1) is 0 Å². The van der Waals surface area contributed by atoms with Crippen molar-refractivity contribution in [1.29, 1.82) is 0 Å². The fourth-order valence-corrected chi connectivity index (χ4v) is 10.0. The number of likely N-dealkylation sites (N-methyl/N-ethyl adjacent to an activating group) is 1. The fourth-order valence-electron chi connectivity index (χ4n) is 10.0. The van der Waals surface area contributed by atoms with Crippen molar-refractivity contribution >= 4 is 5.97 Å². The first kappa shape index (κ1) is 31.1. The first-order valence-electron chi connectivity index (χ1n) is 16.6. The summed E-state index contributed by atoms with van der Waals surface area (Å²) in [6.45, 7) is 19.5.